The molecule has 16 nitrogen and oxygen atoms in total. The minimum absolute atomic E-state index is 0.0694. The smallest absolute Gasteiger partial charge is 0.352 e. The van der Waals surface area contributed by atoms with Crippen molar-refractivity contribution in [2.75, 3.05) is 18.5 Å². The van der Waals surface area contributed by atoms with Gasteiger partial charge in [-0.25, -0.2) is 13.7 Å². The zero-order chi connectivity index (χ0) is 24.6. The molecule has 1 saturated heterocycles. The molecule has 1 amide bonds. The molecule has 19 heteroatoms. The van der Waals surface area contributed by atoms with Crippen molar-refractivity contribution >= 4 is 34.1 Å². The first kappa shape index (κ1) is 26.1. The van der Waals surface area contributed by atoms with Crippen molar-refractivity contribution in [2.24, 2.45) is 11.5 Å². The molecule has 2 aliphatic heterocycles. The molecule has 1 aromatic heterocycles. The van der Waals surface area contributed by atoms with Gasteiger partial charge in [0.1, 0.15) is 12.0 Å². The molecular formula is C14H22N5O11P3. The molecule has 0 saturated carbocycles. The van der Waals surface area contributed by atoms with E-state index < -0.39 is 53.5 Å². The number of amides is 1. The molecule has 3 heterocycles. The number of nitrogens with one attached hydrogen (secondary N) is 2. The molecular weight excluding hydrogens is 507 g/mol. The maximum atomic E-state index is 12.4. The summed E-state index contributed by atoms with van der Waals surface area (Å²) in [5, 5.41) is 5.42. The Morgan fingerprint density at radius 2 is 1.91 bits per heavy atom. The van der Waals surface area contributed by atoms with Gasteiger partial charge in [0.05, 0.1) is 30.4 Å². The SMILES string of the molecule is NCC#Cc1cn([C@H]2CC[C@@H](COP(=O)(O)OP(=O)(O)P(=O)(O)O)O2)c2c1C(=O)NC(N)N2. The predicted octanol–water partition coefficient (Wildman–Crippen LogP) is -0.715. The quantitative estimate of drug-likeness (QED) is 0.160. The summed E-state index contributed by atoms with van der Waals surface area (Å²) in [5.74, 6) is 5.34. The summed E-state index contributed by atoms with van der Waals surface area (Å²) in [4.78, 5) is 48.6. The van der Waals surface area contributed by atoms with E-state index in [1.54, 1.807) is 10.8 Å². The maximum absolute atomic E-state index is 12.4. The summed E-state index contributed by atoms with van der Waals surface area (Å²) in [7, 11) is -16.8. The zero-order valence-corrected chi connectivity index (χ0v) is 19.4. The Labute approximate surface area is 186 Å². The highest BCUT2D eigenvalue weighted by atomic mass is 32.1. The molecule has 1 fully saturated rings. The maximum Gasteiger partial charge on any atom is 0.479 e. The number of carbonyl (C=O) groups excluding carboxylic acids is 1. The highest BCUT2D eigenvalue weighted by Gasteiger charge is 2.48. The van der Waals surface area contributed by atoms with Crippen LogP contribution >= 0.6 is 22.4 Å². The molecule has 0 spiro atoms. The number of phosphoric ester groups is 1. The van der Waals surface area contributed by atoms with Gasteiger partial charge >= 0.3 is 22.4 Å². The van der Waals surface area contributed by atoms with Crippen molar-refractivity contribution in [3.05, 3.63) is 17.3 Å². The van der Waals surface area contributed by atoms with Gasteiger partial charge in [-0.05, 0) is 12.8 Å². The van der Waals surface area contributed by atoms with E-state index >= 15 is 0 Å². The van der Waals surface area contributed by atoms with E-state index in [1.807, 2.05) is 0 Å². The minimum Gasteiger partial charge on any atom is -0.352 e. The molecule has 0 radical (unpaired) electrons. The largest absolute Gasteiger partial charge is 0.479 e. The van der Waals surface area contributed by atoms with E-state index in [0.29, 0.717) is 24.2 Å². The Morgan fingerprint density at radius 3 is 2.55 bits per heavy atom. The lowest BCUT2D eigenvalue weighted by atomic mass is 10.1. The fraction of sp³-hybridized carbons (Fsp3) is 0.500. The van der Waals surface area contributed by atoms with E-state index in [0.717, 1.165) is 0 Å². The third-order valence-corrected chi connectivity index (χ3v) is 9.96. The number of hydrogen-bond donors (Lipinski definition) is 8. The Kier molecular flexibility index (Phi) is 7.57. The third kappa shape index (κ3) is 5.93. The fourth-order valence-electron chi connectivity index (χ4n) is 3.16. The number of fused-ring (bicyclic) bond motifs is 1. The van der Waals surface area contributed by atoms with Crippen molar-refractivity contribution in [2.45, 2.75) is 31.5 Å². The first-order chi connectivity index (χ1) is 15.2. The van der Waals surface area contributed by atoms with Gasteiger partial charge < -0.3 is 45.2 Å². The summed E-state index contributed by atoms with van der Waals surface area (Å²) in [6.45, 7) is -0.526. The number of phosphoric acid groups is 1. The van der Waals surface area contributed by atoms with Crippen LogP contribution in [0.15, 0.2) is 6.20 Å². The number of anilines is 1. The number of rotatable bonds is 7. The van der Waals surface area contributed by atoms with Crippen LogP contribution in [0.3, 0.4) is 0 Å². The summed E-state index contributed by atoms with van der Waals surface area (Å²) in [5.41, 5.74) is 11.8. The number of nitrogens with two attached hydrogens (primary N) is 2. The van der Waals surface area contributed by atoms with Gasteiger partial charge in [-0.15, -0.1) is 0 Å². The molecule has 184 valence electrons. The lowest BCUT2D eigenvalue weighted by Gasteiger charge is -2.26. The van der Waals surface area contributed by atoms with E-state index in [9.17, 15) is 23.4 Å². The monoisotopic (exact) mass is 529 g/mol. The molecule has 3 rings (SSSR count). The second-order valence-electron chi connectivity index (χ2n) is 6.91. The number of aromatic nitrogens is 1. The highest BCUT2D eigenvalue weighted by Crippen LogP contribution is 2.80. The number of hydrogen-bond acceptors (Lipinski definition) is 10. The Bertz CT molecular complexity index is 1140. The van der Waals surface area contributed by atoms with Gasteiger partial charge in [0, 0.05) is 6.20 Å². The van der Waals surface area contributed by atoms with E-state index in [1.165, 1.54) is 0 Å². The predicted molar refractivity (Wildman–Crippen MR) is 111 cm³/mol. The highest BCUT2D eigenvalue weighted by molar-refractivity contribution is 8.27. The summed E-state index contributed by atoms with van der Waals surface area (Å²) < 4.78 is 49.9. The lowest BCUT2D eigenvalue weighted by molar-refractivity contribution is -0.0208. The molecule has 1 aromatic rings. The average Bonchev–Trinajstić information content (AvgIpc) is 3.27. The van der Waals surface area contributed by atoms with Gasteiger partial charge in [-0.3, -0.25) is 15.1 Å². The van der Waals surface area contributed by atoms with Crippen molar-refractivity contribution in [3.63, 3.8) is 0 Å². The summed E-state index contributed by atoms with van der Waals surface area (Å²) in [6, 6.07) is 0. The van der Waals surface area contributed by atoms with Crippen LogP contribution in [0.25, 0.3) is 0 Å². The van der Waals surface area contributed by atoms with E-state index in [4.69, 9.17) is 30.9 Å². The fourth-order valence-corrected chi connectivity index (χ4v) is 6.85. The van der Waals surface area contributed by atoms with Crippen LogP contribution < -0.4 is 22.1 Å². The number of nitrogens with zero attached hydrogens (tertiary/aromatic N) is 1. The van der Waals surface area contributed by atoms with Gasteiger partial charge in [0.2, 0.25) is 0 Å². The molecule has 2 aliphatic rings. The van der Waals surface area contributed by atoms with Crippen molar-refractivity contribution in [1.82, 2.24) is 9.88 Å². The Balaban J connectivity index is 1.71. The van der Waals surface area contributed by atoms with Gasteiger partial charge in [-0.2, -0.15) is 4.31 Å². The van der Waals surface area contributed by atoms with Crippen molar-refractivity contribution < 1.29 is 51.6 Å². The van der Waals surface area contributed by atoms with Gasteiger partial charge in [0.15, 0.2) is 6.29 Å². The third-order valence-electron chi connectivity index (χ3n) is 4.52. The number of carbonyl (C=O) groups is 1. The summed E-state index contributed by atoms with van der Waals surface area (Å²) >= 11 is 0. The molecule has 0 aromatic carbocycles. The average molecular weight is 529 g/mol. The first-order valence-corrected chi connectivity index (χ1v) is 14.6. The van der Waals surface area contributed by atoms with Gasteiger partial charge in [-0.1, -0.05) is 11.8 Å². The number of ether oxygens (including phenoxy) is 1. The van der Waals surface area contributed by atoms with Crippen molar-refractivity contribution in [3.8, 4) is 11.8 Å². The second kappa shape index (κ2) is 9.59. The molecule has 0 bridgehead atoms. The van der Waals surface area contributed by atoms with Crippen LogP contribution in [-0.2, 0) is 27.3 Å². The Hall–Kier alpha value is -1.56. The molecule has 10 N–H and O–H groups in total. The molecule has 3 unspecified atom stereocenters. The van der Waals surface area contributed by atoms with E-state index in [-0.39, 0.29) is 12.1 Å². The zero-order valence-electron chi connectivity index (χ0n) is 16.7. The molecule has 5 atom stereocenters. The Morgan fingerprint density at radius 1 is 1.21 bits per heavy atom. The minimum atomic E-state index is -5.75. The first-order valence-electron chi connectivity index (χ1n) is 9.24. The van der Waals surface area contributed by atoms with Crippen LogP contribution in [0.5, 0.6) is 0 Å². The normalized spacial score (nSPS) is 26.2. The molecule has 33 heavy (non-hydrogen) atoms. The second-order valence-corrected chi connectivity index (χ2v) is 13.9. The van der Waals surface area contributed by atoms with E-state index in [2.05, 4.69) is 31.3 Å². The van der Waals surface area contributed by atoms with Crippen LogP contribution in [0.1, 0.15) is 35.0 Å². The summed E-state index contributed by atoms with van der Waals surface area (Å²) in [6.07, 6.45) is -0.0905. The van der Waals surface area contributed by atoms with Crippen LogP contribution in [-0.4, -0.2) is 55.6 Å². The van der Waals surface area contributed by atoms with Gasteiger partial charge in [0.25, 0.3) is 5.91 Å². The van der Waals surface area contributed by atoms with Crippen LogP contribution in [0.4, 0.5) is 5.82 Å². The van der Waals surface area contributed by atoms with Crippen molar-refractivity contribution in [1.29, 1.82) is 0 Å². The van der Waals surface area contributed by atoms with Crippen LogP contribution in [0, 0.1) is 11.8 Å². The van der Waals surface area contributed by atoms with Crippen LogP contribution in [0.2, 0.25) is 0 Å². The topological polar surface area (TPSA) is 258 Å². The lowest BCUT2D eigenvalue weighted by Crippen LogP contribution is -2.51. The molecule has 0 aliphatic carbocycles. The standard InChI is InChI=1S/C14H22N5O11P3/c15-5-1-2-8-6-19(12-11(8)13(20)18-14(16)17-12)10-4-3-9(29-10)7-28-32(24,25)30-33(26,27)31(21,22)23/h6,9-10,14,17H,3-5,7,15-16H2,(H,18,20)(H,24,25)(H,26,27)(H2,21,22,23)/t9-,10+,14?/m0/s1.